The van der Waals surface area contributed by atoms with Gasteiger partial charge >= 0.3 is 0 Å². The molecule has 0 aliphatic carbocycles. The Balaban J connectivity index is 0.00000233. The Labute approximate surface area is 196 Å². The number of nitrogens with one attached hydrogen (secondary N) is 1. The summed E-state index contributed by atoms with van der Waals surface area (Å²) < 4.78 is 14.3. The molecule has 31 heavy (non-hydrogen) atoms. The lowest BCUT2D eigenvalue weighted by Crippen LogP contribution is -2.19. The Morgan fingerprint density at radius 3 is 2.39 bits per heavy atom. The molecule has 0 spiro atoms. The summed E-state index contributed by atoms with van der Waals surface area (Å²) in [5, 5.41) is 9.86. The highest BCUT2D eigenvalue weighted by molar-refractivity contribution is 7.96. The Bertz CT molecular complexity index is 890. The molecule has 2 rings (SSSR count). The number of ether oxygens (including phenoxy) is 2. The van der Waals surface area contributed by atoms with Crippen molar-refractivity contribution in [3.8, 4) is 17.6 Å². The highest BCUT2D eigenvalue weighted by Gasteiger charge is 2.25. The fourth-order valence-electron chi connectivity index (χ4n) is 2.97. The fourth-order valence-corrected chi connectivity index (χ4v) is 3.57. The van der Waals surface area contributed by atoms with E-state index >= 15 is 0 Å². The van der Waals surface area contributed by atoms with Crippen molar-refractivity contribution in [1.29, 1.82) is 5.26 Å². The minimum absolute atomic E-state index is 0.340. The molecule has 0 aliphatic rings. The SMILES string of the molecule is C=C(CCNSC)COc1ccc(C(C)(C)c2cc(Cl)c(OC)c(C#N)c2)cc1.CC. The first-order valence-electron chi connectivity index (χ1n) is 10.3. The average molecular weight is 461 g/mol. The van der Waals surface area contributed by atoms with E-state index in [0.717, 1.165) is 35.4 Å². The van der Waals surface area contributed by atoms with Gasteiger partial charge in [0.25, 0.3) is 0 Å². The van der Waals surface area contributed by atoms with Crippen molar-refractivity contribution in [2.45, 2.75) is 39.5 Å². The molecule has 2 aromatic rings. The van der Waals surface area contributed by atoms with Crippen LogP contribution in [0.3, 0.4) is 0 Å². The molecule has 4 nitrogen and oxygen atoms in total. The lowest BCUT2D eigenvalue weighted by molar-refractivity contribution is 0.348. The van der Waals surface area contributed by atoms with Crippen molar-refractivity contribution < 1.29 is 9.47 Å². The summed E-state index contributed by atoms with van der Waals surface area (Å²) in [5.74, 6) is 1.21. The molecular weight excluding hydrogens is 428 g/mol. The lowest BCUT2D eigenvalue weighted by atomic mass is 9.77. The molecular formula is C25H33ClN2O2S. The van der Waals surface area contributed by atoms with Crippen LogP contribution in [0.5, 0.6) is 11.5 Å². The van der Waals surface area contributed by atoms with Gasteiger partial charge in [-0.05, 0) is 53.6 Å². The van der Waals surface area contributed by atoms with Gasteiger partial charge in [0.2, 0.25) is 0 Å². The number of hydrogen-bond acceptors (Lipinski definition) is 5. The average Bonchev–Trinajstić information content (AvgIpc) is 2.78. The molecule has 0 amide bonds. The van der Waals surface area contributed by atoms with Gasteiger partial charge in [0, 0.05) is 12.0 Å². The number of methoxy groups -OCH3 is 1. The van der Waals surface area contributed by atoms with Gasteiger partial charge in [-0.25, -0.2) is 0 Å². The van der Waals surface area contributed by atoms with Crippen LogP contribution in [-0.4, -0.2) is 26.5 Å². The zero-order valence-electron chi connectivity index (χ0n) is 19.3. The molecule has 0 saturated carbocycles. The largest absolute Gasteiger partial charge is 0.494 e. The Morgan fingerprint density at radius 1 is 1.19 bits per heavy atom. The summed E-state index contributed by atoms with van der Waals surface area (Å²) in [5.41, 5.74) is 3.18. The van der Waals surface area contributed by atoms with Gasteiger partial charge in [-0.3, -0.25) is 4.72 Å². The summed E-state index contributed by atoms with van der Waals surface area (Å²) in [6.07, 6.45) is 2.88. The van der Waals surface area contributed by atoms with Crippen molar-refractivity contribution in [1.82, 2.24) is 4.72 Å². The zero-order chi connectivity index (χ0) is 23.4. The zero-order valence-corrected chi connectivity index (χ0v) is 20.9. The van der Waals surface area contributed by atoms with Crippen LogP contribution in [-0.2, 0) is 5.41 Å². The molecule has 0 aromatic heterocycles. The van der Waals surface area contributed by atoms with Crippen LogP contribution in [0.1, 0.15) is 50.8 Å². The molecule has 0 aliphatic heterocycles. The number of nitriles is 1. The monoisotopic (exact) mass is 460 g/mol. The molecule has 0 saturated heterocycles. The molecule has 0 atom stereocenters. The normalized spacial score (nSPS) is 10.5. The Hall–Kier alpha value is -2.13. The predicted molar refractivity (Wildman–Crippen MR) is 133 cm³/mol. The highest BCUT2D eigenvalue weighted by atomic mass is 35.5. The summed E-state index contributed by atoms with van der Waals surface area (Å²) in [6, 6.07) is 13.9. The summed E-state index contributed by atoms with van der Waals surface area (Å²) in [7, 11) is 1.51. The van der Waals surface area contributed by atoms with Gasteiger partial charge in [0.05, 0.1) is 17.7 Å². The van der Waals surface area contributed by atoms with Gasteiger partial charge in [0.1, 0.15) is 18.4 Å². The van der Waals surface area contributed by atoms with Crippen molar-refractivity contribution in [3.05, 3.63) is 70.3 Å². The Morgan fingerprint density at radius 2 is 1.84 bits per heavy atom. The third-order valence-corrected chi connectivity index (χ3v) is 5.61. The van der Waals surface area contributed by atoms with E-state index in [1.54, 1.807) is 11.9 Å². The van der Waals surface area contributed by atoms with Crippen LogP contribution >= 0.6 is 23.5 Å². The smallest absolute Gasteiger partial charge is 0.155 e. The van der Waals surface area contributed by atoms with Gasteiger partial charge in [-0.2, -0.15) is 5.26 Å². The molecule has 0 unspecified atom stereocenters. The van der Waals surface area contributed by atoms with Gasteiger partial charge in [0.15, 0.2) is 5.75 Å². The maximum Gasteiger partial charge on any atom is 0.155 e. The summed E-state index contributed by atoms with van der Waals surface area (Å²) >= 11 is 7.94. The summed E-state index contributed by atoms with van der Waals surface area (Å²) in [6.45, 7) is 13.6. The second-order valence-electron chi connectivity index (χ2n) is 7.19. The van der Waals surface area contributed by atoms with Crippen molar-refractivity contribution in [2.75, 3.05) is 26.5 Å². The van der Waals surface area contributed by atoms with E-state index in [-0.39, 0.29) is 5.41 Å². The van der Waals surface area contributed by atoms with Crippen LogP contribution in [0.15, 0.2) is 48.6 Å². The van der Waals surface area contributed by atoms with E-state index in [2.05, 4.69) is 31.2 Å². The quantitative estimate of drug-likeness (QED) is 0.241. The molecule has 6 heteroatoms. The van der Waals surface area contributed by atoms with E-state index in [1.165, 1.54) is 7.11 Å². The van der Waals surface area contributed by atoms with Crippen molar-refractivity contribution >= 4 is 23.5 Å². The van der Waals surface area contributed by atoms with E-state index < -0.39 is 0 Å². The van der Waals surface area contributed by atoms with E-state index in [4.69, 9.17) is 21.1 Å². The topological polar surface area (TPSA) is 54.3 Å². The van der Waals surface area contributed by atoms with Crippen LogP contribution in [0, 0.1) is 11.3 Å². The predicted octanol–water partition coefficient (Wildman–Crippen LogP) is 6.77. The molecule has 2 aromatic carbocycles. The number of rotatable bonds is 10. The second-order valence-corrected chi connectivity index (χ2v) is 8.29. The first-order chi connectivity index (χ1) is 14.8. The Kier molecular flexibility index (Phi) is 11.6. The third-order valence-electron chi connectivity index (χ3n) is 4.83. The van der Waals surface area contributed by atoms with Gasteiger partial charge in [-0.15, -0.1) is 0 Å². The minimum atomic E-state index is -0.340. The number of benzene rings is 2. The van der Waals surface area contributed by atoms with Crippen molar-refractivity contribution in [3.63, 3.8) is 0 Å². The van der Waals surface area contributed by atoms with Crippen LogP contribution in [0.25, 0.3) is 0 Å². The molecule has 0 heterocycles. The van der Waals surface area contributed by atoms with Crippen molar-refractivity contribution in [2.24, 2.45) is 0 Å². The van der Waals surface area contributed by atoms with E-state index in [0.29, 0.717) is 22.9 Å². The summed E-state index contributed by atoms with van der Waals surface area (Å²) in [4.78, 5) is 0. The molecule has 1 N–H and O–H groups in total. The highest BCUT2D eigenvalue weighted by Crippen LogP contribution is 2.38. The van der Waals surface area contributed by atoms with E-state index in [1.807, 2.05) is 56.5 Å². The number of halogens is 1. The molecule has 0 fully saturated rings. The van der Waals surface area contributed by atoms with Gasteiger partial charge < -0.3 is 9.47 Å². The number of hydrogen-bond donors (Lipinski definition) is 1. The molecule has 168 valence electrons. The molecule has 0 bridgehead atoms. The maximum atomic E-state index is 9.43. The van der Waals surface area contributed by atoms with Crippen LogP contribution in [0.4, 0.5) is 0 Å². The number of nitrogens with zero attached hydrogens (tertiary/aromatic N) is 1. The third kappa shape index (κ3) is 7.50. The first kappa shape index (κ1) is 26.9. The fraction of sp³-hybridized carbons (Fsp3) is 0.400. The molecule has 0 radical (unpaired) electrons. The first-order valence-corrected chi connectivity index (χ1v) is 11.9. The lowest BCUT2D eigenvalue weighted by Gasteiger charge is -2.27. The van der Waals surface area contributed by atoms with Gasteiger partial charge in [-0.1, -0.05) is 70.0 Å². The maximum absolute atomic E-state index is 9.43. The standard InChI is InChI=1S/C23H27ClN2O2S.C2H6/c1-16(10-11-26-29-5)15-28-20-8-6-18(7-9-20)23(2,3)19-12-17(14-25)22(27-4)21(24)13-19;1-2/h6-9,12-13,26H,1,10-11,15H2,2-5H3;1-2H3. The van der Waals surface area contributed by atoms with E-state index in [9.17, 15) is 5.26 Å². The van der Waals surface area contributed by atoms with Crippen LogP contribution in [0.2, 0.25) is 5.02 Å². The second kappa shape index (κ2) is 13.3. The van der Waals surface area contributed by atoms with Crippen LogP contribution < -0.4 is 14.2 Å². The minimum Gasteiger partial charge on any atom is -0.494 e.